The van der Waals surface area contributed by atoms with Crippen molar-refractivity contribution < 1.29 is 14.7 Å². The van der Waals surface area contributed by atoms with Crippen molar-refractivity contribution in [1.29, 1.82) is 0 Å². The van der Waals surface area contributed by atoms with Gasteiger partial charge in [-0.05, 0) is 6.07 Å². The molecule has 134 valence electrons. The highest BCUT2D eigenvalue weighted by molar-refractivity contribution is 6.09. The van der Waals surface area contributed by atoms with Crippen molar-refractivity contribution in [2.24, 2.45) is 7.05 Å². The number of fused-ring (bicyclic) bond motifs is 1. The van der Waals surface area contributed by atoms with E-state index in [-0.39, 0.29) is 17.1 Å². The SMILES string of the molecule is Cn1cc(C(=O)O)c(C(=O)Nc2ccn3cc(-c4ccccc4)nc3n2)n1. The molecule has 3 aromatic heterocycles. The lowest BCUT2D eigenvalue weighted by Crippen LogP contribution is -2.17. The van der Waals surface area contributed by atoms with Crippen LogP contribution in [0.15, 0.2) is 55.0 Å². The van der Waals surface area contributed by atoms with Crippen LogP contribution in [0.1, 0.15) is 20.8 Å². The van der Waals surface area contributed by atoms with Crippen LogP contribution in [0.25, 0.3) is 17.0 Å². The lowest BCUT2D eigenvalue weighted by Gasteiger charge is -2.03. The number of carbonyl (C=O) groups excluding carboxylic acids is 1. The van der Waals surface area contributed by atoms with E-state index in [2.05, 4.69) is 20.4 Å². The Morgan fingerprint density at radius 2 is 1.85 bits per heavy atom. The van der Waals surface area contributed by atoms with E-state index in [0.29, 0.717) is 5.78 Å². The predicted octanol–water partition coefficient (Wildman–Crippen LogP) is 2.08. The predicted molar refractivity (Wildman–Crippen MR) is 96.5 cm³/mol. The number of anilines is 1. The zero-order valence-electron chi connectivity index (χ0n) is 14.2. The van der Waals surface area contributed by atoms with Gasteiger partial charge in [-0.2, -0.15) is 10.1 Å². The fourth-order valence-electron chi connectivity index (χ4n) is 2.68. The normalized spacial score (nSPS) is 10.9. The number of amides is 1. The van der Waals surface area contributed by atoms with Gasteiger partial charge >= 0.3 is 5.97 Å². The van der Waals surface area contributed by atoms with E-state index in [4.69, 9.17) is 0 Å². The van der Waals surface area contributed by atoms with Gasteiger partial charge < -0.3 is 10.4 Å². The number of aromatic nitrogens is 5. The number of aryl methyl sites for hydroxylation is 1. The fourth-order valence-corrected chi connectivity index (χ4v) is 2.68. The molecule has 2 N–H and O–H groups in total. The van der Waals surface area contributed by atoms with Gasteiger partial charge in [-0.1, -0.05) is 30.3 Å². The van der Waals surface area contributed by atoms with Gasteiger partial charge in [0.25, 0.3) is 5.91 Å². The van der Waals surface area contributed by atoms with Crippen LogP contribution in [0.4, 0.5) is 5.82 Å². The molecular formula is C18H14N6O3. The van der Waals surface area contributed by atoms with Crippen molar-refractivity contribution in [2.75, 3.05) is 5.32 Å². The zero-order chi connectivity index (χ0) is 19.0. The van der Waals surface area contributed by atoms with Crippen molar-refractivity contribution in [3.05, 3.63) is 66.2 Å². The maximum Gasteiger partial charge on any atom is 0.339 e. The van der Waals surface area contributed by atoms with E-state index in [1.807, 2.05) is 36.5 Å². The Bertz CT molecular complexity index is 1160. The summed E-state index contributed by atoms with van der Waals surface area (Å²) in [5.41, 5.74) is 1.35. The van der Waals surface area contributed by atoms with E-state index in [0.717, 1.165) is 11.3 Å². The van der Waals surface area contributed by atoms with Crippen LogP contribution in [0, 0.1) is 0 Å². The van der Waals surface area contributed by atoms with Crippen LogP contribution >= 0.6 is 0 Å². The van der Waals surface area contributed by atoms with Gasteiger partial charge in [0.05, 0.1) is 5.69 Å². The first kappa shape index (κ1) is 16.5. The lowest BCUT2D eigenvalue weighted by atomic mass is 10.2. The van der Waals surface area contributed by atoms with E-state index in [1.54, 1.807) is 23.7 Å². The molecule has 0 aliphatic carbocycles. The van der Waals surface area contributed by atoms with Crippen LogP contribution in [0.5, 0.6) is 0 Å². The third-order valence-corrected chi connectivity index (χ3v) is 3.91. The number of carbonyl (C=O) groups is 2. The summed E-state index contributed by atoms with van der Waals surface area (Å²) in [6.07, 6.45) is 4.83. The summed E-state index contributed by atoms with van der Waals surface area (Å²) in [6, 6.07) is 11.3. The molecular weight excluding hydrogens is 348 g/mol. The van der Waals surface area contributed by atoms with Gasteiger partial charge in [0.15, 0.2) is 5.69 Å². The number of rotatable bonds is 4. The van der Waals surface area contributed by atoms with E-state index in [1.165, 1.54) is 10.9 Å². The van der Waals surface area contributed by atoms with Crippen molar-refractivity contribution in [3.8, 4) is 11.3 Å². The Kier molecular flexibility index (Phi) is 3.88. The molecule has 4 aromatic rings. The topological polar surface area (TPSA) is 114 Å². The standard InChI is InChI=1S/C18H14N6O3/c1-23-9-12(17(26)27)15(22-23)16(25)20-14-7-8-24-10-13(19-18(24)21-14)11-5-3-2-4-6-11/h2-10H,1H3,(H,26,27)(H,19,20,21,25). The third-order valence-electron chi connectivity index (χ3n) is 3.91. The van der Waals surface area contributed by atoms with Crippen molar-refractivity contribution in [2.45, 2.75) is 0 Å². The molecule has 0 bridgehead atoms. The van der Waals surface area contributed by atoms with Crippen LogP contribution in [0.3, 0.4) is 0 Å². The molecule has 0 unspecified atom stereocenters. The molecule has 9 nitrogen and oxygen atoms in total. The Morgan fingerprint density at radius 3 is 2.59 bits per heavy atom. The van der Waals surface area contributed by atoms with Crippen LogP contribution in [-0.2, 0) is 7.05 Å². The zero-order valence-corrected chi connectivity index (χ0v) is 14.2. The summed E-state index contributed by atoms with van der Waals surface area (Å²) >= 11 is 0. The minimum atomic E-state index is -1.22. The minimum absolute atomic E-state index is 0.178. The molecule has 9 heteroatoms. The molecule has 0 saturated carbocycles. The van der Waals surface area contributed by atoms with E-state index in [9.17, 15) is 14.7 Å². The second-order valence-electron chi connectivity index (χ2n) is 5.84. The van der Waals surface area contributed by atoms with E-state index >= 15 is 0 Å². The third kappa shape index (κ3) is 3.13. The Morgan fingerprint density at radius 1 is 1.07 bits per heavy atom. The fraction of sp³-hybridized carbons (Fsp3) is 0.0556. The lowest BCUT2D eigenvalue weighted by molar-refractivity contribution is 0.0692. The molecule has 0 aliphatic heterocycles. The molecule has 27 heavy (non-hydrogen) atoms. The maximum atomic E-state index is 12.4. The van der Waals surface area contributed by atoms with Gasteiger partial charge in [0.2, 0.25) is 5.78 Å². The number of hydrogen-bond acceptors (Lipinski definition) is 5. The van der Waals surface area contributed by atoms with Crippen molar-refractivity contribution in [3.63, 3.8) is 0 Å². The van der Waals surface area contributed by atoms with Gasteiger partial charge in [-0.3, -0.25) is 13.9 Å². The number of imidazole rings is 1. The molecule has 0 atom stereocenters. The van der Waals surface area contributed by atoms with Gasteiger partial charge in [0, 0.05) is 31.2 Å². The smallest absolute Gasteiger partial charge is 0.339 e. The average Bonchev–Trinajstić information content (AvgIpc) is 3.25. The molecule has 0 aliphatic rings. The minimum Gasteiger partial charge on any atom is -0.478 e. The summed E-state index contributed by atoms with van der Waals surface area (Å²) in [5.74, 6) is -1.22. The second kappa shape index (κ2) is 6.37. The summed E-state index contributed by atoms with van der Waals surface area (Å²) in [6.45, 7) is 0. The van der Waals surface area contributed by atoms with Gasteiger partial charge in [-0.25, -0.2) is 9.78 Å². The molecule has 0 radical (unpaired) electrons. The number of hydrogen-bond donors (Lipinski definition) is 2. The first-order valence-electron chi connectivity index (χ1n) is 8.01. The molecule has 4 rings (SSSR count). The number of carboxylic acid groups (broad SMARTS) is 1. The Labute approximate surface area is 152 Å². The molecule has 1 amide bonds. The van der Waals surface area contributed by atoms with Crippen LogP contribution in [-0.4, -0.2) is 41.1 Å². The monoisotopic (exact) mass is 362 g/mol. The summed E-state index contributed by atoms with van der Waals surface area (Å²) in [5, 5.41) is 15.7. The largest absolute Gasteiger partial charge is 0.478 e. The summed E-state index contributed by atoms with van der Waals surface area (Å²) in [7, 11) is 1.54. The first-order chi connectivity index (χ1) is 13.0. The van der Waals surface area contributed by atoms with Crippen molar-refractivity contribution >= 4 is 23.5 Å². The van der Waals surface area contributed by atoms with Gasteiger partial charge in [-0.15, -0.1) is 0 Å². The van der Waals surface area contributed by atoms with Crippen molar-refractivity contribution in [1.82, 2.24) is 24.1 Å². The number of benzene rings is 1. The number of nitrogens with one attached hydrogen (secondary N) is 1. The number of carboxylic acids is 1. The highest BCUT2D eigenvalue weighted by Gasteiger charge is 2.21. The van der Waals surface area contributed by atoms with Gasteiger partial charge in [0.1, 0.15) is 11.4 Å². The quantitative estimate of drug-likeness (QED) is 0.574. The molecule has 0 fully saturated rings. The molecule has 0 saturated heterocycles. The number of aromatic carboxylic acids is 1. The molecule has 3 heterocycles. The Balaban J connectivity index is 1.63. The van der Waals surface area contributed by atoms with Crippen LogP contribution in [0.2, 0.25) is 0 Å². The number of nitrogens with zero attached hydrogens (tertiary/aromatic N) is 5. The van der Waals surface area contributed by atoms with E-state index < -0.39 is 11.9 Å². The molecule has 1 aromatic carbocycles. The Hall–Kier alpha value is -4.01. The first-order valence-corrected chi connectivity index (χ1v) is 8.01. The maximum absolute atomic E-state index is 12.4. The second-order valence-corrected chi connectivity index (χ2v) is 5.84. The highest BCUT2D eigenvalue weighted by Crippen LogP contribution is 2.19. The van der Waals surface area contributed by atoms with Crippen LogP contribution < -0.4 is 5.32 Å². The molecule has 0 spiro atoms. The average molecular weight is 362 g/mol. The summed E-state index contributed by atoms with van der Waals surface area (Å²) < 4.78 is 3.01. The highest BCUT2D eigenvalue weighted by atomic mass is 16.4. The summed E-state index contributed by atoms with van der Waals surface area (Å²) in [4.78, 5) is 32.4.